The number of rotatable bonds is 4. The summed E-state index contributed by atoms with van der Waals surface area (Å²) in [6.45, 7) is 1.21. The molecule has 1 heterocycles. The summed E-state index contributed by atoms with van der Waals surface area (Å²) in [5, 5.41) is 7.68. The largest absolute Gasteiger partial charge is 0.383 e. The Hall–Kier alpha value is -0.690. The first-order valence-electron chi connectivity index (χ1n) is 5.23. The molecule has 0 radical (unpaired) electrons. The monoisotopic (exact) mass is 347 g/mol. The number of benzene rings is 1. The second-order valence-electron chi connectivity index (χ2n) is 3.62. The Balaban J connectivity index is 2.50. The van der Waals surface area contributed by atoms with Gasteiger partial charge < -0.3 is 4.74 Å². The third kappa shape index (κ3) is 2.83. The van der Waals surface area contributed by atoms with Crippen LogP contribution in [0, 0.1) is 4.77 Å². The Morgan fingerprint density at radius 2 is 2.33 bits per heavy atom. The third-order valence-electron chi connectivity index (χ3n) is 2.45. The van der Waals surface area contributed by atoms with Crippen LogP contribution in [0.4, 0.5) is 0 Å². The summed E-state index contributed by atoms with van der Waals surface area (Å²) in [6.07, 6.45) is 0. The molecule has 0 saturated heterocycles. The van der Waals surface area contributed by atoms with Crippen LogP contribution in [0.1, 0.15) is 0 Å². The molecule has 0 atom stereocenters. The van der Waals surface area contributed by atoms with Crippen molar-refractivity contribution in [1.82, 2.24) is 14.8 Å². The Morgan fingerprint density at radius 3 is 3.06 bits per heavy atom. The molecule has 96 valence electrons. The van der Waals surface area contributed by atoms with Gasteiger partial charge in [0.15, 0.2) is 10.6 Å². The fourth-order valence-corrected chi connectivity index (χ4v) is 2.40. The van der Waals surface area contributed by atoms with Crippen molar-refractivity contribution in [2.24, 2.45) is 0 Å². The SMILES string of the molecule is COCCn1c(-c2cc(Cl)ccc2Br)n[nH]c1=S. The van der Waals surface area contributed by atoms with Crippen LogP contribution in [-0.4, -0.2) is 28.5 Å². The minimum Gasteiger partial charge on any atom is -0.383 e. The van der Waals surface area contributed by atoms with Gasteiger partial charge in [-0.2, -0.15) is 5.10 Å². The first kappa shape index (κ1) is 13.7. The molecule has 0 fully saturated rings. The van der Waals surface area contributed by atoms with Gasteiger partial charge in [0.05, 0.1) is 13.2 Å². The van der Waals surface area contributed by atoms with Crippen molar-refractivity contribution in [3.8, 4) is 11.4 Å². The summed E-state index contributed by atoms with van der Waals surface area (Å²) >= 11 is 14.7. The van der Waals surface area contributed by atoms with Crippen molar-refractivity contribution < 1.29 is 4.74 Å². The summed E-state index contributed by atoms with van der Waals surface area (Å²) in [5.41, 5.74) is 0.894. The van der Waals surface area contributed by atoms with Crippen molar-refractivity contribution >= 4 is 39.7 Å². The molecule has 4 nitrogen and oxygen atoms in total. The summed E-state index contributed by atoms with van der Waals surface area (Å²) < 4.78 is 8.43. The van der Waals surface area contributed by atoms with Gasteiger partial charge in [0.2, 0.25) is 0 Å². The number of aromatic amines is 1. The maximum absolute atomic E-state index is 6.01. The predicted octanol–water partition coefficient (Wildman–Crippen LogP) is 3.67. The quantitative estimate of drug-likeness (QED) is 0.857. The van der Waals surface area contributed by atoms with E-state index in [9.17, 15) is 0 Å². The van der Waals surface area contributed by atoms with Gasteiger partial charge in [0.25, 0.3) is 0 Å². The lowest BCUT2D eigenvalue weighted by Crippen LogP contribution is -2.06. The van der Waals surface area contributed by atoms with Gasteiger partial charge in [-0.25, -0.2) is 0 Å². The zero-order valence-electron chi connectivity index (χ0n) is 9.61. The van der Waals surface area contributed by atoms with Crippen molar-refractivity contribution in [2.45, 2.75) is 6.54 Å². The van der Waals surface area contributed by atoms with Gasteiger partial charge in [-0.3, -0.25) is 9.67 Å². The molecule has 18 heavy (non-hydrogen) atoms. The highest BCUT2D eigenvalue weighted by molar-refractivity contribution is 9.10. The summed E-state index contributed by atoms with van der Waals surface area (Å²) in [7, 11) is 1.65. The molecule has 1 N–H and O–H groups in total. The zero-order chi connectivity index (χ0) is 13.1. The Bertz CT molecular complexity index is 611. The molecule has 0 aliphatic heterocycles. The topological polar surface area (TPSA) is 42.8 Å². The number of aromatic nitrogens is 3. The molecule has 0 saturated carbocycles. The van der Waals surface area contributed by atoms with Gasteiger partial charge in [-0.1, -0.05) is 27.5 Å². The first-order chi connectivity index (χ1) is 8.63. The minimum atomic E-state index is 0.564. The number of hydrogen-bond donors (Lipinski definition) is 1. The van der Waals surface area contributed by atoms with Gasteiger partial charge in [0.1, 0.15) is 0 Å². The van der Waals surface area contributed by atoms with Crippen molar-refractivity contribution in [2.75, 3.05) is 13.7 Å². The van der Waals surface area contributed by atoms with E-state index in [0.29, 0.717) is 22.9 Å². The molecule has 1 aromatic carbocycles. The fourth-order valence-electron chi connectivity index (χ4n) is 1.58. The number of halogens is 2. The molecular formula is C11H11BrClN3OS. The van der Waals surface area contributed by atoms with E-state index in [0.717, 1.165) is 15.9 Å². The van der Waals surface area contributed by atoms with Crippen LogP contribution in [0.25, 0.3) is 11.4 Å². The lowest BCUT2D eigenvalue weighted by molar-refractivity contribution is 0.187. The highest BCUT2D eigenvalue weighted by atomic mass is 79.9. The van der Waals surface area contributed by atoms with E-state index < -0.39 is 0 Å². The number of methoxy groups -OCH3 is 1. The average Bonchev–Trinajstić information content (AvgIpc) is 2.71. The normalized spacial score (nSPS) is 10.8. The van der Waals surface area contributed by atoms with E-state index in [-0.39, 0.29) is 0 Å². The first-order valence-corrected chi connectivity index (χ1v) is 6.81. The molecule has 1 aromatic heterocycles. The van der Waals surface area contributed by atoms with Crippen LogP contribution in [-0.2, 0) is 11.3 Å². The van der Waals surface area contributed by atoms with Crippen LogP contribution in [0.3, 0.4) is 0 Å². The summed E-state index contributed by atoms with van der Waals surface area (Å²) in [4.78, 5) is 0. The van der Waals surface area contributed by atoms with Crippen LogP contribution in [0.5, 0.6) is 0 Å². The second kappa shape index (κ2) is 5.97. The maximum Gasteiger partial charge on any atom is 0.195 e. The molecular weight excluding hydrogens is 338 g/mol. The Kier molecular flexibility index (Phi) is 4.55. The molecule has 0 aliphatic rings. The van der Waals surface area contributed by atoms with E-state index in [1.54, 1.807) is 7.11 Å². The molecule has 2 rings (SSSR count). The number of hydrogen-bond acceptors (Lipinski definition) is 3. The van der Waals surface area contributed by atoms with Gasteiger partial charge in [-0.15, -0.1) is 0 Å². The number of nitrogens with one attached hydrogen (secondary N) is 1. The highest BCUT2D eigenvalue weighted by Crippen LogP contribution is 2.29. The smallest absolute Gasteiger partial charge is 0.195 e. The number of H-pyrrole nitrogens is 1. The minimum absolute atomic E-state index is 0.564. The van der Waals surface area contributed by atoms with Crippen LogP contribution in [0.15, 0.2) is 22.7 Å². The third-order valence-corrected chi connectivity index (χ3v) is 3.68. The zero-order valence-corrected chi connectivity index (χ0v) is 12.8. The predicted molar refractivity (Wildman–Crippen MR) is 77.4 cm³/mol. The van der Waals surface area contributed by atoms with Crippen LogP contribution < -0.4 is 0 Å². The second-order valence-corrected chi connectivity index (χ2v) is 5.30. The molecule has 7 heteroatoms. The highest BCUT2D eigenvalue weighted by Gasteiger charge is 2.12. The van der Waals surface area contributed by atoms with E-state index in [1.165, 1.54) is 0 Å². The van der Waals surface area contributed by atoms with Gasteiger partial charge in [0, 0.05) is 22.2 Å². The van der Waals surface area contributed by atoms with Gasteiger partial charge >= 0.3 is 0 Å². The molecule has 0 bridgehead atoms. The number of ether oxygens (including phenoxy) is 1. The molecule has 2 aromatic rings. The Morgan fingerprint density at radius 1 is 1.56 bits per heavy atom. The number of nitrogens with zero attached hydrogens (tertiary/aromatic N) is 2. The standard InChI is InChI=1S/C11H11BrClN3OS/c1-17-5-4-16-10(14-15-11(16)18)8-6-7(13)2-3-9(8)12/h2-3,6H,4-5H2,1H3,(H,15,18). The van der Waals surface area contributed by atoms with Crippen molar-refractivity contribution in [1.29, 1.82) is 0 Å². The summed E-state index contributed by atoms with van der Waals surface area (Å²) in [5.74, 6) is 0.742. The van der Waals surface area contributed by atoms with E-state index in [1.807, 2.05) is 22.8 Å². The molecule has 0 spiro atoms. The molecule has 0 amide bonds. The van der Waals surface area contributed by atoms with Crippen LogP contribution in [0.2, 0.25) is 5.02 Å². The van der Waals surface area contributed by atoms with Crippen LogP contribution >= 0.6 is 39.7 Å². The van der Waals surface area contributed by atoms with Gasteiger partial charge in [-0.05, 0) is 30.4 Å². The lowest BCUT2D eigenvalue weighted by atomic mass is 10.2. The van der Waals surface area contributed by atoms with E-state index >= 15 is 0 Å². The Labute approximate surface area is 123 Å². The summed E-state index contributed by atoms with van der Waals surface area (Å²) in [6, 6.07) is 5.55. The molecule has 0 aliphatic carbocycles. The van der Waals surface area contributed by atoms with E-state index in [4.69, 9.17) is 28.6 Å². The lowest BCUT2D eigenvalue weighted by Gasteiger charge is -2.08. The van der Waals surface area contributed by atoms with Crippen molar-refractivity contribution in [3.05, 3.63) is 32.5 Å². The van der Waals surface area contributed by atoms with Crippen molar-refractivity contribution in [3.63, 3.8) is 0 Å². The van der Waals surface area contributed by atoms with E-state index in [2.05, 4.69) is 26.1 Å². The maximum atomic E-state index is 6.01. The molecule has 0 unspecified atom stereocenters. The average molecular weight is 349 g/mol. The fraction of sp³-hybridized carbons (Fsp3) is 0.273.